The fourth-order valence-corrected chi connectivity index (χ4v) is 5.39. The normalized spacial score (nSPS) is 27.5. The number of benzene rings is 1. The molecule has 7 heteroatoms. The minimum Gasteiger partial charge on any atom is -0.497 e. The molecule has 0 N–H and O–H groups in total. The van der Waals surface area contributed by atoms with Crippen molar-refractivity contribution >= 4 is 11.8 Å². The highest BCUT2D eigenvalue weighted by atomic mass is 16.5. The van der Waals surface area contributed by atoms with Crippen LogP contribution >= 0.6 is 0 Å². The lowest BCUT2D eigenvalue weighted by atomic mass is 9.75. The van der Waals surface area contributed by atoms with Crippen LogP contribution in [0.2, 0.25) is 0 Å². The van der Waals surface area contributed by atoms with E-state index in [1.165, 1.54) is 0 Å². The molecule has 3 heterocycles. The number of hydrogen-bond acceptors (Lipinski definition) is 5. The molecule has 3 aliphatic rings. The molecule has 0 unspecified atom stereocenters. The van der Waals surface area contributed by atoms with E-state index in [2.05, 4.69) is 11.9 Å². The molecule has 164 valence electrons. The zero-order valence-electron chi connectivity index (χ0n) is 18.1. The standard InChI is InChI=1S/C23H33N3O4/c1-24-10-7-23(22(28)26-12-14-30-15-13-26)8-11-25(9-6-20(23)24)21(27)17-18-4-3-5-19(16-18)29-2/h3-5,16,20H,6-15,17H2,1-2H3/t20-,23-/m0/s1. The molecular formula is C23H33N3O4. The predicted octanol–water partition coefficient (Wildman–Crippen LogP) is 1.41. The van der Waals surface area contributed by atoms with Gasteiger partial charge in [-0.25, -0.2) is 0 Å². The van der Waals surface area contributed by atoms with Crippen molar-refractivity contribution in [3.63, 3.8) is 0 Å². The Morgan fingerprint density at radius 1 is 1.10 bits per heavy atom. The Morgan fingerprint density at radius 2 is 1.87 bits per heavy atom. The van der Waals surface area contributed by atoms with Crippen LogP contribution in [0.3, 0.4) is 0 Å². The summed E-state index contributed by atoms with van der Waals surface area (Å²) >= 11 is 0. The number of carbonyl (C=O) groups excluding carboxylic acids is 2. The van der Waals surface area contributed by atoms with Gasteiger partial charge in [0.25, 0.3) is 0 Å². The van der Waals surface area contributed by atoms with Crippen LogP contribution in [0, 0.1) is 5.41 Å². The SMILES string of the molecule is COc1cccc(CC(=O)N2CC[C@@H]3N(C)CC[C@]3(C(=O)N3CCOCC3)CC2)c1. The molecule has 3 saturated heterocycles. The van der Waals surface area contributed by atoms with Gasteiger partial charge >= 0.3 is 0 Å². The van der Waals surface area contributed by atoms with Gasteiger partial charge in [-0.15, -0.1) is 0 Å². The van der Waals surface area contributed by atoms with Gasteiger partial charge in [0, 0.05) is 32.2 Å². The van der Waals surface area contributed by atoms with Crippen molar-refractivity contribution < 1.29 is 19.1 Å². The van der Waals surface area contributed by atoms with Crippen molar-refractivity contribution in [2.45, 2.75) is 31.7 Å². The van der Waals surface area contributed by atoms with Crippen LogP contribution in [-0.2, 0) is 20.7 Å². The predicted molar refractivity (Wildman–Crippen MR) is 113 cm³/mol. The van der Waals surface area contributed by atoms with Gasteiger partial charge in [-0.1, -0.05) is 12.1 Å². The maximum absolute atomic E-state index is 13.6. The Hall–Kier alpha value is -2.12. The average molecular weight is 416 g/mol. The van der Waals surface area contributed by atoms with Gasteiger partial charge in [-0.2, -0.15) is 0 Å². The Balaban J connectivity index is 1.47. The Morgan fingerprint density at radius 3 is 2.63 bits per heavy atom. The monoisotopic (exact) mass is 415 g/mol. The fourth-order valence-electron chi connectivity index (χ4n) is 5.39. The highest BCUT2D eigenvalue weighted by Gasteiger charge is 2.53. The molecule has 0 spiro atoms. The molecule has 1 aromatic rings. The first kappa shape index (κ1) is 21.1. The van der Waals surface area contributed by atoms with Gasteiger partial charge in [0.15, 0.2) is 0 Å². The molecular weight excluding hydrogens is 382 g/mol. The highest BCUT2D eigenvalue weighted by Crippen LogP contribution is 2.44. The molecule has 2 atom stereocenters. The Labute approximate surface area is 178 Å². The number of carbonyl (C=O) groups is 2. The molecule has 4 rings (SSSR count). The third kappa shape index (κ3) is 4.05. The van der Waals surface area contributed by atoms with Gasteiger partial charge < -0.3 is 24.2 Å². The van der Waals surface area contributed by atoms with Gasteiger partial charge in [-0.05, 0) is 50.6 Å². The first-order valence-corrected chi connectivity index (χ1v) is 11.0. The summed E-state index contributed by atoms with van der Waals surface area (Å²) in [5.74, 6) is 1.16. The Bertz CT molecular complexity index is 779. The number of ether oxygens (including phenoxy) is 2. The summed E-state index contributed by atoms with van der Waals surface area (Å²) in [5.41, 5.74) is 0.580. The maximum Gasteiger partial charge on any atom is 0.230 e. The fraction of sp³-hybridized carbons (Fsp3) is 0.652. The van der Waals surface area contributed by atoms with E-state index in [1.54, 1.807) is 7.11 Å². The van der Waals surface area contributed by atoms with E-state index in [1.807, 2.05) is 34.1 Å². The zero-order chi connectivity index (χ0) is 21.1. The van der Waals surface area contributed by atoms with Gasteiger partial charge in [0.1, 0.15) is 5.75 Å². The first-order chi connectivity index (χ1) is 14.5. The lowest BCUT2D eigenvalue weighted by Crippen LogP contribution is -2.53. The van der Waals surface area contributed by atoms with Crippen LogP contribution in [0.5, 0.6) is 5.75 Å². The summed E-state index contributed by atoms with van der Waals surface area (Å²) < 4.78 is 10.7. The summed E-state index contributed by atoms with van der Waals surface area (Å²) in [6.07, 6.45) is 2.82. The molecule has 0 bridgehead atoms. The molecule has 1 aromatic carbocycles. The number of fused-ring (bicyclic) bond motifs is 1. The molecule has 7 nitrogen and oxygen atoms in total. The second-order valence-electron chi connectivity index (χ2n) is 8.75. The molecule has 0 aliphatic carbocycles. The summed E-state index contributed by atoms with van der Waals surface area (Å²) in [6, 6.07) is 7.88. The van der Waals surface area contributed by atoms with Crippen LogP contribution in [0.1, 0.15) is 24.8 Å². The topological polar surface area (TPSA) is 62.3 Å². The second kappa shape index (κ2) is 8.94. The van der Waals surface area contributed by atoms with Gasteiger partial charge in [0.05, 0.1) is 32.2 Å². The number of likely N-dealkylation sites (tertiary alicyclic amines) is 2. The van der Waals surface area contributed by atoms with Crippen molar-refractivity contribution in [2.75, 3.05) is 60.1 Å². The lowest BCUT2D eigenvalue weighted by Gasteiger charge is -2.39. The number of rotatable bonds is 4. The van der Waals surface area contributed by atoms with E-state index < -0.39 is 0 Å². The van der Waals surface area contributed by atoms with Crippen molar-refractivity contribution in [3.8, 4) is 5.75 Å². The third-order valence-corrected chi connectivity index (χ3v) is 7.15. The molecule has 0 radical (unpaired) electrons. The lowest BCUT2D eigenvalue weighted by molar-refractivity contribution is -0.148. The smallest absolute Gasteiger partial charge is 0.230 e. The van der Waals surface area contributed by atoms with Crippen LogP contribution in [0.4, 0.5) is 0 Å². The maximum atomic E-state index is 13.6. The molecule has 3 fully saturated rings. The summed E-state index contributed by atoms with van der Waals surface area (Å²) in [7, 11) is 3.75. The van der Waals surface area contributed by atoms with Crippen molar-refractivity contribution in [1.82, 2.24) is 14.7 Å². The zero-order valence-corrected chi connectivity index (χ0v) is 18.1. The number of morpholine rings is 1. The minimum absolute atomic E-state index is 0.125. The van der Waals surface area contributed by atoms with Crippen LogP contribution in [0.25, 0.3) is 0 Å². The Kier molecular flexibility index (Phi) is 6.29. The third-order valence-electron chi connectivity index (χ3n) is 7.15. The van der Waals surface area contributed by atoms with Crippen LogP contribution in [0.15, 0.2) is 24.3 Å². The number of nitrogens with zero attached hydrogens (tertiary/aromatic N) is 3. The van der Waals surface area contributed by atoms with Crippen molar-refractivity contribution in [2.24, 2.45) is 5.41 Å². The van der Waals surface area contributed by atoms with E-state index in [0.717, 1.165) is 37.1 Å². The average Bonchev–Trinajstić information content (AvgIpc) is 2.97. The first-order valence-electron chi connectivity index (χ1n) is 11.0. The minimum atomic E-state index is -0.378. The molecule has 2 amide bonds. The second-order valence-corrected chi connectivity index (χ2v) is 8.75. The van der Waals surface area contributed by atoms with E-state index in [4.69, 9.17) is 9.47 Å². The molecule has 30 heavy (non-hydrogen) atoms. The van der Waals surface area contributed by atoms with E-state index >= 15 is 0 Å². The van der Waals surface area contributed by atoms with Gasteiger partial charge in [0.2, 0.25) is 11.8 Å². The largest absolute Gasteiger partial charge is 0.497 e. The molecule has 0 saturated carbocycles. The van der Waals surface area contributed by atoms with E-state index in [-0.39, 0.29) is 23.3 Å². The molecule has 0 aromatic heterocycles. The highest BCUT2D eigenvalue weighted by molar-refractivity contribution is 5.85. The van der Waals surface area contributed by atoms with Crippen LogP contribution in [-0.4, -0.2) is 92.7 Å². The number of amides is 2. The van der Waals surface area contributed by atoms with Gasteiger partial charge in [-0.3, -0.25) is 9.59 Å². The van der Waals surface area contributed by atoms with Crippen molar-refractivity contribution in [1.29, 1.82) is 0 Å². The van der Waals surface area contributed by atoms with Crippen LogP contribution < -0.4 is 4.74 Å². The quantitative estimate of drug-likeness (QED) is 0.744. The van der Waals surface area contributed by atoms with E-state index in [9.17, 15) is 9.59 Å². The van der Waals surface area contributed by atoms with E-state index in [0.29, 0.717) is 45.8 Å². The van der Waals surface area contributed by atoms with Crippen molar-refractivity contribution in [3.05, 3.63) is 29.8 Å². The summed E-state index contributed by atoms with van der Waals surface area (Å²) in [5, 5.41) is 0. The molecule has 3 aliphatic heterocycles. The summed E-state index contributed by atoms with van der Waals surface area (Å²) in [6.45, 7) is 4.88. The summed E-state index contributed by atoms with van der Waals surface area (Å²) in [4.78, 5) is 33.0. The number of methoxy groups -OCH3 is 1. The number of hydrogen-bond donors (Lipinski definition) is 0.